The van der Waals surface area contributed by atoms with Gasteiger partial charge < -0.3 is 34.2 Å². The molecule has 0 bridgehead atoms. The summed E-state index contributed by atoms with van der Waals surface area (Å²) in [5.74, 6) is -2.22. The fourth-order valence-corrected chi connectivity index (χ4v) is 10.3. The van der Waals surface area contributed by atoms with Crippen molar-refractivity contribution in [1.82, 2.24) is 25.2 Å². The van der Waals surface area contributed by atoms with Crippen LogP contribution < -0.4 is 24.8 Å². The van der Waals surface area contributed by atoms with Crippen molar-refractivity contribution in [2.24, 2.45) is 5.92 Å². The number of fused-ring (bicyclic) bond motifs is 6. The van der Waals surface area contributed by atoms with Crippen LogP contribution in [0.2, 0.25) is 0 Å². The lowest BCUT2D eigenvalue weighted by molar-refractivity contribution is -0.141. The Morgan fingerprint density at radius 2 is 1.77 bits per heavy atom. The van der Waals surface area contributed by atoms with Gasteiger partial charge >= 0.3 is 6.09 Å². The maximum Gasteiger partial charge on any atom is 0.408 e. The summed E-state index contributed by atoms with van der Waals surface area (Å²) in [4.78, 5) is 62.6. The molecule has 4 amide bonds. The maximum atomic E-state index is 14.8. The van der Waals surface area contributed by atoms with Gasteiger partial charge in [0.25, 0.3) is 5.91 Å². The number of sulfonamides is 1. The van der Waals surface area contributed by atoms with E-state index in [1.807, 2.05) is 12.2 Å². The molecule has 3 aliphatic carbocycles. The second kappa shape index (κ2) is 15.9. The molecule has 5 atom stereocenters. The van der Waals surface area contributed by atoms with Gasteiger partial charge in [-0.2, -0.15) is 0 Å². The van der Waals surface area contributed by atoms with E-state index in [1.54, 1.807) is 18.2 Å². The zero-order chi connectivity index (χ0) is 41.8. The predicted octanol–water partition coefficient (Wildman–Crippen LogP) is 5.67. The van der Waals surface area contributed by atoms with Gasteiger partial charge in [0.2, 0.25) is 21.8 Å². The van der Waals surface area contributed by atoms with Crippen molar-refractivity contribution in [2.45, 2.75) is 119 Å². The third kappa shape index (κ3) is 7.83. The molecule has 2 aliphatic heterocycles. The Kier molecular flexibility index (Phi) is 10.6. The number of carbonyl (C=O) groups is 4. The number of nitrogens with zero attached hydrogens (tertiary/aromatic N) is 2. The number of benzene rings is 2. The van der Waals surface area contributed by atoms with E-state index in [0.29, 0.717) is 58.8 Å². The van der Waals surface area contributed by atoms with E-state index < -0.39 is 74.5 Å². The number of methoxy groups -OCH3 is 1. The molecule has 2 aromatic carbocycles. The average molecular weight is 846 g/mol. The van der Waals surface area contributed by atoms with Crippen molar-refractivity contribution in [3.63, 3.8) is 0 Å². The van der Waals surface area contributed by atoms with Crippen LogP contribution in [-0.2, 0) is 29.1 Å². The molecule has 60 heavy (non-hydrogen) atoms. The number of amides is 4. The molecule has 0 radical (unpaired) electrons. The molecule has 4 fully saturated rings. The van der Waals surface area contributed by atoms with Crippen LogP contribution in [0.3, 0.4) is 0 Å². The summed E-state index contributed by atoms with van der Waals surface area (Å²) in [6.45, 7) is -0.105. The molecule has 5 aliphatic rings. The van der Waals surface area contributed by atoms with Gasteiger partial charge in [0.15, 0.2) is 11.3 Å². The number of pyridine rings is 1. The average Bonchev–Trinajstić information content (AvgIpc) is 4.04. The van der Waals surface area contributed by atoms with Gasteiger partial charge in [0.05, 0.1) is 24.4 Å². The fourth-order valence-electron chi connectivity index (χ4n) is 8.95. The highest BCUT2D eigenvalue weighted by atomic mass is 32.2. The standard InChI is InChI=1S/C43H48FN5O10S/c1-56-27-14-18-31-35(21-27)59-38-36(31)45-33-19-25(44)13-17-30(33)37(38)57-28-20-34-39(50)47-43(41(52)48-60(54,55)29-15-16-29)22-24(43)9-5-3-2-4-6-12-32(40(51)49(34)23-28)46-42(53)58-26-10-7-8-11-26/h5,9,13-14,17-19,21,24,26,28-29,32,34H,2-4,6-8,10-12,15-16,20,22-23H2,1H3,(H,46,53)(H,47,50)(H,48,52)/b9-5-/t24-,28+,32-,34-,43+/m0/s1. The Morgan fingerprint density at radius 3 is 2.55 bits per heavy atom. The summed E-state index contributed by atoms with van der Waals surface area (Å²) in [5, 5.41) is 6.10. The Labute approximate surface area is 345 Å². The van der Waals surface area contributed by atoms with Crippen LogP contribution >= 0.6 is 0 Å². The van der Waals surface area contributed by atoms with E-state index in [0.717, 1.165) is 38.5 Å². The van der Waals surface area contributed by atoms with Gasteiger partial charge in [-0.3, -0.25) is 19.1 Å². The lowest BCUT2D eigenvalue weighted by Crippen LogP contribution is -2.58. The van der Waals surface area contributed by atoms with Crippen molar-refractivity contribution in [2.75, 3.05) is 13.7 Å². The lowest BCUT2D eigenvalue weighted by Gasteiger charge is -2.30. The second-order valence-electron chi connectivity index (χ2n) is 16.7. The third-order valence-corrected chi connectivity index (χ3v) is 14.3. The molecule has 1 saturated heterocycles. The van der Waals surface area contributed by atoms with Crippen LogP contribution in [0, 0.1) is 11.7 Å². The summed E-state index contributed by atoms with van der Waals surface area (Å²) in [6.07, 6.45) is 9.48. The number of furan rings is 1. The van der Waals surface area contributed by atoms with E-state index in [1.165, 1.54) is 30.2 Å². The largest absolute Gasteiger partial charge is 0.497 e. The number of aromatic nitrogens is 1. The first-order valence-corrected chi connectivity index (χ1v) is 22.5. The monoisotopic (exact) mass is 845 g/mol. The SMILES string of the molecule is COc1ccc2c(c1)oc1c(O[C@@H]3C[C@H]4C(=O)N[C@]5(C(=O)NS(=O)(=O)C6CC6)C[C@@H]5/C=C\CCCCC[C@H](NC(=O)OC5CCCC5)C(=O)N4C3)c3ccc(F)cc3nc12. The topological polar surface area (TPSA) is 195 Å². The molecule has 318 valence electrons. The number of rotatable bonds is 8. The molecule has 17 heteroatoms. The van der Waals surface area contributed by atoms with Crippen molar-refractivity contribution in [3.05, 3.63) is 54.4 Å². The van der Waals surface area contributed by atoms with Crippen molar-refractivity contribution >= 4 is 66.8 Å². The molecule has 4 heterocycles. The quantitative estimate of drug-likeness (QED) is 0.185. The third-order valence-electron chi connectivity index (χ3n) is 12.5. The molecular weight excluding hydrogens is 798 g/mol. The minimum atomic E-state index is -3.94. The highest BCUT2D eigenvalue weighted by Gasteiger charge is 2.62. The molecule has 3 N–H and O–H groups in total. The summed E-state index contributed by atoms with van der Waals surface area (Å²) in [6, 6.07) is 7.10. The summed E-state index contributed by atoms with van der Waals surface area (Å²) < 4.78 is 66.9. The number of carbonyl (C=O) groups excluding carboxylic acids is 4. The van der Waals surface area contributed by atoms with Gasteiger partial charge in [0, 0.05) is 35.2 Å². The minimum absolute atomic E-state index is 0.0457. The lowest BCUT2D eigenvalue weighted by atomic mass is 10.0. The zero-order valence-electron chi connectivity index (χ0n) is 33.2. The first-order valence-electron chi connectivity index (χ1n) is 20.9. The highest BCUT2D eigenvalue weighted by molar-refractivity contribution is 7.91. The number of alkyl carbamates (subject to hydrolysis) is 1. The highest BCUT2D eigenvalue weighted by Crippen LogP contribution is 2.46. The molecule has 0 spiro atoms. The first-order chi connectivity index (χ1) is 28.9. The van der Waals surface area contributed by atoms with Crippen LogP contribution in [0.5, 0.6) is 11.5 Å². The number of hydrogen-bond donors (Lipinski definition) is 3. The molecule has 9 rings (SSSR count). The molecule has 2 aromatic heterocycles. The van der Waals surface area contributed by atoms with Gasteiger partial charge in [-0.15, -0.1) is 0 Å². The number of ether oxygens (including phenoxy) is 3. The molecule has 3 saturated carbocycles. The molecular formula is C43H48FN5O10S. The van der Waals surface area contributed by atoms with E-state index >= 15 is 0 Å². The molecule has 0 unspecified atom stereocenters. The summed E-state index contributed by atoms with van der Waals surface area (Å²) in [5.41, 5.74) is -0.130. The number of halogens is 1. The zero-order valence-corrected chi connectivity index (χ0v) is 34.1. The van der Waals surface area contributed by atoms with Crippen LogP contribution in [0.4, 0.5) is 9.18 Å². The number of nitrogens with one attached hydrogen (secondary N) is 3. The smallest absolute Gasteiger partial charge is 0.408 e. The maximum absolute atomic E-state index is 14.8. The number of allylic oxidation sites excluding steroid dienone is 1. The normalized spacial score (nSPS) is 27.1. The number of hydrogen-bond acceptors (Lipinski definition) is 11. The Hall–Kier alpha value is -5.45. The summed E-state index contributed by atoms with van der Waals surface area (Å²) in [7, 11) is -2.40. The van der Waals surface area contributed by atoms with E-state index in [9.17, 15) is 32.0 Å². The van der Waals surface area contributed by atoms with Crippen LogP contribution in [-0.4, -0.2) is 90.9 Å². The molecule has 4 aromatic rings. The fraction of sp³-hybridized carbons (Fsp3) is 0.512. The van der Waals surface area contributed by atoms with Crippen LogP contribution in [0.15, 0.2) is 53.0 Å². The van der Waals surface area contributed by atoms with Gasteiger partial charge in [-0.05, 0) is 88.5 Å². The van der Waals surface area contributed by atoms with Gasteiger partial charge in [-0.25, -0.2) is 22.6 Å². The Balaban J connectivity index is 1.07. The van der Waals surface area contributed by atoms with Crippen molar-refractivity contribution < 1.29 is 50.6 Å². The summed E-state index contributed by atoms with van der Waals surface area (Å²) >= 11 is 0. The van der Waals surface area contributed by atoms with Crippen LogP contribution in [0.25, 0.3) is 33.0 Å². The van der Waals surface area contributed by atoms with E-state index in [2.05, 4.69) is 15.4 Å². The second-order valence-corrected chi connectivity index (χ2v) is 18.7. The Morgan fingerprint density at radius 1 is 0.983 bits per heavy atom. The predicted molar refractivity (Wildman–Crippen MR) is 217 cm³/mol. The van der Waals surface area contributed by atoms with Crippen molar-refractivity contribution in [1.29, 1.82) is 0 Å². The first kappa shape index (κ1) is 40.0. The molecule has 15 nitrogen and oxygen atoms in total. The van der Waals surface area contributed by atoms with E-state index in [-0.39, 0.29) is 43.2 Å². The van der Waals surface area contributed by atoms with Gasteiger partial charge in [0.1, 0.15) is 52.5 Å². The van der Waals surface area contributed by atoms with Gasteiger partial charge in [-0.1, -0.05) is 25.0 Å². The van der Waals surface area contributed by atoms with E-state index in [4.69, 9.17) is 23.6 Å². The van der Waals surface area contributed by atoms with Crippen LogP contribution in [0.1, 0.15) is 83.5 Å². The Bertz CT molecular complexity index is 2520. The minimum Gasteiger partial charge on any atom is -0.497 e. The van der Waals surface area contributed by atoms with Crippen molar-refractivity contribution in [3.8, 4) is 11.5 Å².